The summed E-state index contributed by atoms with van der Waals surface area (Å²) in [5, 5.41) is 9.87. The molecule has 0 fully saturated rings. The van der Waals surface area contributed by atoms with E-state index in [1.807, 2.05) is 19.1 Å². The molecule has 9 nitrogen and oxygen atoms in total. The van der Waals surface area contributed by atoms with Crippen molar-refractivity contribution in [3.63, 3.8) is 0 Å². The van der Waals surface area contributed by atoms with E-state index in [0.717, 1.165) is 15.3 Å². The summed E-state index contributed by atoms with van der Waals surface area (Å²) in [4.78, 5) is 42.5. The van der Waals surface area contributed by atoms with Crippen LogP contribution < -0.4 is 16.4 Å². The molecule has 4 rings (SSSR count). The quantitative estimate of drug-likeness (QED) is 0.385. The third-order valence-corrected chi connectivity index (χ3v) is 5.97. The lowest BCUT2D eigenvalue weighted by molar-refractivity contribution is -0.117. The molecule has 3 aromatic heterocycles. The van der Waals surface area contributed by atoms with Gasteiger partial charge in [0.25, 0.3) is 17.5 Å². The predicted octanol–water partition coefficient (Wildman–Crippen LogP) is 2.71. The van der Waals surface area contributed by atoms with E-state index in [1.165, 1.54) is 0 Å². The predicted molar refractivity (Wildman–Crippen MR) is 124 cm³/mol. The number of amides is 3. The number of nitrogens with one attached hydrogen (secondary N) is 2. The maximum Gasteiger partial charge on any atom is 0.259 e. The number of pyridine rings is 1. The van der Waals surface area contributed by atoms with Crippen LogP contribution >= 0.6 is 11.3 Å². The Morgan fingerprint density at radius 1 is 1.03 bits per heavy atom. The van der Waals surface area contributed by atoms with Crippen LogP contribution in [0.3, 0.4) is 0 Å². The smallest absolute Gasteiger partial charge is 0.259 e. The Bertz CT molecular complexity index is 1360. The molecule has 10 heteroatoms. The van der Waals surface area contributed by atoms with Crippen molar-refractivity contribution in [2.45, 2.75) is 20.4 Å². The van der Waals surface area contributed by atoms with Crippen LogP contribution in [-0.4, -0.2) is 34.4 Å². The van der Waals surface area contributed by atoms with Gasteiger partial charge >= 0.3 is 0 Å². The first-order chi connectivity index (χ1) is 15.8. The molecule has 1 aromatic carbocycles. The van der Waals surface area contributed by atoms with E-state index in [9.17, 15) is 14.4 Å². The van der Waals surface area contributed by atoms with E-state index in [-0.39, 0.29) is 19.0 Å². The Kier molecular flexibility index (Phi) is 6.18. The summed E-state index contributed by atoms with van der Waals surface area (Å²) < 4.78 is 5.34. The Labute approximate surface area is 193 Å². The average molecular weight is 464 g/mol. The fraction of sp³-hybridized carbons (Fsp3) is 0.174. The topological polar surface area (TPSA) is 140 Å². The van der Waals surface area contributed by atoms with Gasteiger partial charge in [-0.25, -0.2) is 4.98 Å². The number of rotatable bonds is 7. The van der Waals surface area contributed by atoms with E-state index in [2.05, 4.69) is 20.8 Å². The first-order valence-electron chi connectivity index (χ1n) is 10.1. The number of hydrogen-bond donors (Lipinski definition) is 3. The monoisotopic (exact) mass is 463 g/mol. The zero-order valence-electron chi connectivity index (χ0n) is 18.0. The molecule has 4 N–H and O–H groups in total. The number of thiophene rings is 1. The highest BCUT2D eigenvalue weighted by Crippen LogP contribution is 2.31. The van der Waals surface area contributed by atoms with E-state index in [0.29, 0.717) is 33.6 Å². The molecule has 0 spiro atoms. The maximum atomic E-state index is 13.1. The van der Waals surface area contributed by atoms with Gasteiger partial charge in [-0.2, -0.15) is 0 Å². The normalized spacial score (nSPS) is 10.8. The molecule has 0 atom stereocenters. The molecule has 168 valence electrons. The number of fused-ring (bicyclic) bond motifs is 1. The third-order valence-electron chi connectivity index (χ3n) is 4.95. The SMILES string of the molecule is Cc1ccc(-c2cc(C(=O)NCc3ccc(C(=O)NCC(N)=O)cc3)c3c(C)noc3n2)s1. The van der Waals surface area contributed by atoms with Crippen LogP contribution in [0.25, 0.3) is 21.7 Å². The summed E-state index contributed by atoms with van der Waals surface area (Å²) >= 11 is 1.58. The lowest BCUT2D eigenvalue weighted by Gasteiger charge is -2.09. The number of aryl methyl sites for hydroxylation is 2. The Morgan fingerprint density at radius 2 is 1.79 bits per heavy atom. The lowest BCUT2D eigenvalue weighted by atomic mass is 10.1. The van der Waals surface area contributed by atoms with E-state index in [1.54, 1.807) is 48.6 Å². The summed E-state index contributed by atoms with van der Waals surface area (Å²) in [6.45, 7) is 3.79. The molecule has 3 heterocycles. The summed E-state index contributed by atoms with van der Waals surface area (Å²) in [7, 11) is 0. The van der Waals surface area contributed by atoms with Gasteiger partial charge in [0.2, 0.25) is 5.91 Å². The van der Waals surface area contributed by atoms with Gasteiger partial charge in [0.1, 0.15) is 0 Å². The van der Waals surface area contributed by atoms with Gasteiger partial charge in [-0.3, -0.25) is 14.4 Å². The van der Waals surface area contributed by atoms with Crippen LogP contribution in [0.5, 0.6) is 0 Å². The number of hydrogen-bond acceptors (Lipinski definition) is 7. The van der Waals surface area contributed by atoms with Crippen molar-refractivity contribution in [2.75, 3.05) is 6.54 Å². The minimum Gasteiger partial charge on any atom is -0.368 e. The van der Waals surface area contributed by atoms with Crippen molar-refractivity contribution in [3.8, 4) is 10.6 Å². The second-order valence-electron chi connectivity index (χ2n) is 7.44. The summed E-state index contributed by atoms with van der Waals surface area (Å²) in [6.07, 6.45) is 0. The minimum atomic E-state index is -0.617. The van der Waals surface area contributed by atoms with Crippen molar-refractivity contribution in [1.82, 2.24) is 20.8 Å². The van der Waals surface area contributed by atoms with Crippen molar-refractivity contribution < 1.29 is 18.9 Å². The van der Waals surface area contributed by atoms with Crippen molar-refractivity contribution in [1.29, 1.82) is 0 Å². The molecule has 0 radical (unpaired) electrons. The van der Waals surface area contributed by atoms with Crippen molar-refractivity contribution in [2.24, 2.45) is 5.73 Å². The summed E-state index contributed by atoms with van der Waals surface area (Å²) in [5.41, 5.74) is 8.20. The van der Waals surface area contributed by atoms with Crippen LogP contribution in [0.2, 0.25) is 0 Å². The third kappa shape index (κ3) is 4.90. The average Bonchev–Trinajstić information content (AvgIpc) is 3.41. The highest BCUT2D eigenvalue weighted by atomic mass is 32.1. The first kappa shape index (κ1) is 22.2. The molecule has 0 aliphatic carbocycles. The molecule has 0 aliphatic rings. The number of carbonyl (C=O) groups is 3. The zero-order chi connectivity index (χ0) is 23.5. The maximum absolute atomic E-state index is 13.1. The molecule has 0 bridgehead atoms. The molecular formula is C23H21N5O4S. The fourth-order valence-electron chi connectivity index (χ4n) is 3.29. The molecular weight excluding hydrogens is 442 g/mol. The molecule has 0 aliphatic heterocycles. The number of carbonyl (C=O) groups excluding carboxylic acids is 3. The summed E-state index contributed by atoms with van der Waals surface area (Å²) in [5.74, 6) is -1.30. The largest absolute Gasteiger partial charge is 0.368 e. The fourth-order valence-corrected chi connectivity index (χ4v) is 4.12. The molecule has 33 heavy (non-hydrogen) atoms. The Hall–Kier alpha value is -4.05. The van der Waals surface area contributed by atoms with E-state index in [4.69, 9.17) is 10.3 Å². The molecule has 0 saturated heterocycles. The lowest BCUT2D eigenvalue weighted by Crippen LogP contribution is -2.33. The number of primary amides is 1. The van der Waals surface area contributed by atoms with Gasteiger partial charge in [-0.15, -0.1) is 11.3 Å². The molecule has 4 aromatic rings. The molecule has 3 amide bonds. The van der Waals surface area contributed by atoms with Crippen LogP contribution in [0.4, 0.5) is 0 Å². The van der Waals surface area contributed by atoms with Gasteiger partial charge in [0.15, 0.2) is 0 Å². The highest BCUT2D eigenvalue weighted by molar-refractivity contribution is 7.15. The Morgan fingerprint density at radius 3 is 2.45 bits per heavy atom. The van der Waals surface area contributed by atoms with Gasteiger partial charge in [-0.1, -0.05) is 17.3 Å². The van der Waals surface area contributed by atoms with Crippen LogP contribution in [-0.2, 0) is 11.3 Å². The zero-order valence-corrected chi connectivity index (χ0v) is 18.8. The van der Waals surface area contributed by atoms with Gasteiger partial charge in [0, 0.05) is 17.0 Å². The second-order valence-corrected chi connectivity index (χ2v) is 8.73. The number of nitrogens with two attached hydrogens (primary N) is 1. The van der Waals surface area contributed by atoms with Crippen molar-refractivity contribution >= 4 is 40.2 Å². The first-order valence-corrected chi connectivity index (χ1v) is 10.9. The number of aromatic nitrogens is 2. The van der Waals surface area contributed by atoms with E-state index < -0.39 is 11.8 Å². The minimum absolute atomic E-state index is 0.230. The second kappa shape index (κ2) is 9.21. The van der Waals surface area contributed by atoms with Crippen molar-refractivity contribution in [3.05, 3.63) is 69.7 Å². The van der Waals surface area contributed by atoms with Gasteiger partial charge in [-0.05, 0) is 49.7 Å². The molecule has 0 saturated carbocycles. The number of benzene rings is 1. The van der Waals surface area contributed by atoms with Gasteiger partial charge in [0.05, 0.1) is 33.8 Å². The van der Waals surface area contributed by atoms with E-state index >= 15 is 0 Å². The molecule has 0 unspecified atom stereocenters. The number of nitrogens with zero attached hydrogens (tertiary/aromatic N) is 2. The Balaban J connectivity index is 1.51. The van der Waals surface area contributed by atoms with Crippen LogP contribution in [0, 0.1) is 13.8 Å². The van der Waals surface area contributed by atoms with Gasteiger partial charge < -0.3 is 20.9 Å². The highest BCUT2D eigenvalue weighted by Gasteiger charge is 2.20. The van der Waals surface area contributed by atoms with Crippen LogP contribution in [0.1, 0.15) is 36.9 Å². The standard InChI is InChI=1S/C23H21N5O4S/c1-12-3-8-18(33-12)17-9-16(20-13(2)28-32-23(20)27-17)22(31)25-10-14-4-6-15(7-5-14)21(30)26-11-19(24)29/h3-9H,10-11H2,1-2H3,(H2,24,29)(H,25,31)(H,26,30). The summed E-state index contributed by atoms with van der Waals surface area (Å²) in [6, 6.07) is 12.4. The van der Waals surface area contributed by atoms with Crippen LogP contribution in [0.15, 0.2) is 47.0 Å².